The second kappa shape index (κ2) is 7.58. The maximum Gasteiger partial charge on any atom is 0.325 e. The maximum atomic E-state index is 13.0. The van der Waals surface area contributed by atoms with Gasteiger partial charge in [-0.3, -0.25) is 14.5 Å². The highest BCUT2D eigenvalue weighted by atomic mass is 16.2. The molecule has 0 radical (unpaired) electrons. The molecule has 6 heteroatoms. The van der Waals surface area contributed by atoms with E-state index in [9.17, 15) is 14.4 Å². The Labute approximate surface area is 150 Å². The Morgan fingerprint density at radius 1 is 1.32 bits per heavy atom. The van der Waals surface area contributed by atoms with Gasteiger partial charge in [-0.1, -0.05) is 32.9 Å². The third-order valence-corrected chi connectivity index (χ3v) is 5.73. The van der Waals surface area contributed by atoms with E-state index < -0.39 is 5.54 Å². The molecule has 2 aliphatic rings. The van der Waals surface area contributed by atoms with Crippen LogP contribution in [0.4, 0.5) is 4.79 Å². The molecule has 0 spiro atoms. The van der Waals surface area contributed by atoms with E-state index in [1.54, 1.807) is 0 Å². The molecule has 140 valence electrons. The topological polar surface area (TPSA) is 69.7 Å². The Morgan fingerprint density at radius 3 is 2.40 bits per heavy atom. The van der Waals surface area contributed by atoms with Gasteiger partial charge in [0.2, 0.25) is 5.91 Å². The van der Waals surface area contributed by atoms with E-state index in [1.165, 1.54) is 4.90 Å². The molecule has 0 aromatic heterocycles. The minimum absolute atomic E-state index is 0.0376. The summed E-state index contributed by atoms with van der Waals surface area (Å²) in [5, 5.41) is 2.96. The van der Waals surface area contributed by atoms with Crippen molar-refractivity contribution in [3.05, 3.63) is 12.2 Å². The van der Waals surface area contributed by atoms with E-state index in [1.807, 2.05) is 32.6 Å². The third kappa shape index (κ3) is 3.58. The van der Waals surface area contributed by atoms with Gasteiger partial charge in [0.25, 0.3) is 5.91 Å². The number of imide groups is 1. The van der Waals surface area contributed by atoms with Crippen molar-refractivity contribution in [3.8, 4) is 0 Å². The molecular formula is C19H31N3O3. The average Bonchev–Trinajstić information content (AvgIpc) is 2.85. The van der Waals surface area contributed by atoms with E-state index in [4.69, 9.17) is 0 Å². The molecule has 0 saturated carbocycles. The second-order valence-corrected chi connectivity index (χ2v) is 7.51. The van der Waals surface area contributed by atoms with Crippen molar-refractivity contribution in [1.82, 2.24) is 15.1 Å². The number of carbonyl (C=O) groups excluding carboxylic acids is 3. The van der Waals surface area contributed by atoms with E-state index >= 15 is 0 Å². The van der Waals surface area contributed by atoms with E-state index in [0.29, 0.717) is 19.5 Å². The quantitative estimate of drug-likeness (QED) is 0.592. The summed E-state index contributed by atoms with van der Waals surface area (Å²) in [6, 6.07) is -0.326. The van der Waals surface area contributed by atoms with Gasteiger partial charge in [-0.05, 0) is 38.5 Å². The van der Waals surface area contributed by atoms with Crippen LogP contribution >= 0.6 is 0 Å². The summed E-state index contributed by atoms with van der Waals surface area (Å²) in [6.45, 7) is 13.1. The van der Waals surface area contributed by atoms with Crippen LogP contribution in [-0.4, -0.2) is 52.8 Å². The first-order chi connectivity index (χ1) is 11.8. The zero-order valence-corrected chi connectivity index (χ0v) is 15.9. The van der Waals surface area contributed by atoms with Crippen LogP contribution in [0.2, 0.25) is 0 Å². The van der Waals surface area contributed by atoms with Gasteiger partial charge in [-0.15, -0.1) is 0 Å². The summed E-state index contributed by atoms with van der Waals surface area (Å²) in [7, 11) is 0. The van der Waals surface area contributed by atoms with Crippen LogP contribution in [0, 0.1) is 11.8 Å². The molecular weight excluding hydrogens is 318 g/mol. The lowest BCUT2D eigenvalue weighted by Gasteiger charge is -2.41. The number of urea groups is 1. The fraction of sp³-hybridized carbons (Fsp3) is 0.737. The van der Waals surface area contributed by atoms with Gasteiger partial charge in [-0.25, -0.2) is 4.79 Å². The van der Waals surface area contributed by atoms with Crippen molar-refractivity contribution in [3.63, 3.8) is 0 Å². The lowest BCUT2D eigenvalue weighted by atomic mass is 9.75. The minimum atomic E-state index is -0.835. The molecule has 2 rings (SSSR count). The molecule has 0 aromatic carbocycles. The first-order valence-electron chi connectivity index (χ1n) is 9.34. The fourth-order valence-electron chi connectivity index (χ4n) is 3.94. The molecule has 25 heavy (non-hydrogen) atoms. The summed E-state index contributed by atoms with van der Waals surface area (Å²) in [5.74, 6) is 0.146. The minimum Gasteiger partial charge on any atom is -0.342 e. The Hall–Kier alpha value is -1.85. The fourth-order valence-corrected chi connectivity index (χ4v) is 3.94. The summed E-state index contributed by atoms with van der Waals surface area (Å²) < 4.78 is 0. The number of rotatable bonds is 6. The van der Waals surface area contributed by atoms with Crippen LogP contribution in [0.15, 0.2) is 12.2 Å². The van der Waals surface area contributed by atoms with Gasteiger partial charge in [0.1, 0.15) is 5.54 Å². The van der Waals surface area contributed by atoms with Crippen LogP contribution in [0.25, 0.3) is 0 Å². The number of carbonyl (C=O) groups is 3. The first-order valence-corrected chi connectivity index (χ1v) is 9.34. The second-order valence-electron chi connectivity index (χ2n) is 7.51. The van der Waals surface area contributed by atoms with E-state index in [2.05, 4.69) is 11.9 Å². The molecule has 1 N–H and O–H groups in total. The summed E-state index contributed by atoms with van der Waals surface area (Å²) in [6.07, 6.45) is 2.88. The number of piperidine rings is 1. The molecule has 4 amide bonds. The Bertz CT molecular complexity index is 566. The predicted molar refractivity (Wildman–Crippen MR) is 96.8 cm³/mol. The monoisotopic (exact) mass is 349 g/mol. The Kier molecular flexibility index (Phi) is 5.91. The van der Waals surface area contributed by atoms with Gasteiger partial charge in [0.15, 0.2) is 0 Å². The largest absolute Gasteiger partial charge is 0.342 e. The molecule has 6 nitrogen and oxygen atoms in total. The Morgan fingerprint density at radius 2 is 1.92 bits per heavy atom. The van der Waals surface area contributed by atoms with Crippen molar-refractivity contribution < 1.29 is 14.4 Å². The number of likely N-dealkylation sites (tertiary alicyclic amines) is 1. The highest BCUT2D eigenvalue weighted by Gasteiger charge is 2.54. The lowest BCUT2D eigenvalue weighted by Crippen LogP contribution is -2.56. The zero-order chi connectivity index (χ0) is 18.8. The average molecular weight is 349 g/mol. The number of nitrogens with zero attached hydrogens (tertiary/aromatic N) is 2. The van der Waals surface area contributed by atoms with Gasteiger partial charge in [0.05, 0.1) is 6.54 Å². The number of amides is 4. The smallest absolute Gasteiger partial charge is 0.325 e. The molecule has 2 aliphatic heterocycles. The van der Waals surface area contributed by atoms with Gasteiger partial charge in [-0.2, -0.15) is 0 Å². The summed E-state index contributed by atoms with van der Waals surface area (Å²) in [4.78, 5) is 40.9. The zero-order valence-electron chi connectivity index (χ0n) is 15.9. The highest BCUT2D eigenvalue weighted by Crippen LogP contribution is 2.36. The SMILES string of the molecule is C=C(C)CN1C(=O)N[C@@](CC)(C2CCN(C(=O)[C@H](C)CC)CC2)C1=O. The Balaban J connectivity index is 2.10. The van der Waals surface area contributed by atoms with Crippen molar-refractivity contribution in [2.75, 3.05) is 19.6 Å². The molecule has 0 bridgehead atoms. The molecule has 0 aromatic rings. The van der Waals surface area contributed by atoms with Crippen molar-refractivity contribution in [2.24, 2.45) is 11.8 Å². The number of hydrogen-bond donors (Lipinski definition) is 1. The number of hydrogen-bond acceptors (Lipinski definition) is 3. The third-order valence-electron chi connectivity index (χ3n) is 5.73. The summed E-state index contributed by atoms with van der Waals surface area (Å²) in [5.41, 5.74) is -0.0534. The van der Waals surface area contributed by atoms with Crippen LogP contribution < -0.4 is 5.32 Å². The van der Waals surface area contributed by atoms with Gasteiger partial charge >= 0.3 is 6.03 Å². The lowest BCUT2D eigenvalue weighted by molar-refractivity contribution is -0.138. The van der Waals surface area contributed by atoms with Crippen LogP contribution in [-0.2, 0) is 9.59 Å². The van der Waals surface area contributed by atoms with Crippen molar-refractivity contribution >= 4 is 17.8 Å². The molecule has 0 aliphatic carbocycles. The predicted octanol–water partition coefficient (Wildman–Crippen LogP) is 2.55. The maximum absolute atomic E-state index is 13.0. The van der Waals surface area contributed by atoms with Crippen molar-refractivity contribution in [1.29, 1.82) is 0 Å². The summed E-state index contributed by atoms with van der Waals surface area (Å²) >= 11 is 0. The number of nitrogens with one attached hydrogen (secondary N) is 1. The van der Waals surface area contributed by atoms with Crippen molar-refractivity contribution in [2.45, 2.75) is 58.9 Å². The molecule has 0 unspecified atom stereocenters. The van der Waals surface area contributed by atoms with Crippen LogP contribution in [0.5, 0.6) is 0 Å². The van der Waals surface area contributed by atoms with Crippen LogP contribution in [0.3, 0.4) is 0 Å². The molecule has 2 fully saturated rings. The first kappa shape index (κ1) is 19.5. The molecule has 2 heterocycles. The van der Waals surface area contributed by atoms with Crippen LogP contribution in [0.1, 0.15) is 53.4 Å². The van der Waals surface area contributed by atoms with E-state index in [-0.39, 0.29) is 36.2 Å². The standard InChI is InChI=1S/C19H31N3O3/c1-6-14(5)16(23)21-10-8-15(9-11-21)19(7-2)17(24)22(12-13(3)4)18(25)20-19/h14-15H,3,6-12H2,1-2,4-5H3,(H,20,25)/t14-,19+/m1/s1. The molecule has 2 atom stereocenters. The van der Waals surface area contributed by atoms with Gasteiger partial charge < -0.3 is 10.2 Å². The highest BCUT2D eigenvalue weighted by molar-refractivity contribution is 6.07. The van der Waals surface area contributed by atoms with Gasteiger partial charge in [0, 0.05) is 19.0 Å². The molecule has 2 saturated heterocycles. The normalized spacial score (nSPS) is 25.9. The van der Waals surface area contributed by atoms with E-state index in [0.717, 1.165) is 24.8 Å².